The molecule has 2 bridgehead atoms. The normalized spacial score (nSPS) is 28.5. The second kappa shape index (κ2) is 6.81. The highest BCUT2D eigenvalue weighted by molar-refractivity contribution is 6.31. The number of carbonyl (C=O) groups excluding carboxylic acids is 1. The monoisotopic (exact) mass is 497 g/mol. The van der Waals surface area contributed by atoms with Crippen molar-refractivity contribution in [1.29, 1.82) is 0 Å². The van der Waals surface area contributed by atoms with Gasteiger partial charge in [-0.3, -0.25) is 4.79 Å². The Balaban J connectivity index is 1.73. The highest BCUT2D eigenvalue weighted by Crippen LogP contribution is 2.54. The second-order valence-electron chi connectivity index (χ2n) is 10.5. The van der Waals surface area contributed by atoms with E-state index >= 15 is 0 Å². The van der Waals surface area contributed by atoms with Crippen molar-refractivity contribution in [3.8, 4) is 0 Å². The van der Waals surface area contributed by atoms with E-state index in [9.17, 15) is 9.90 Å². The molecule has 3 aromatic carbocycles. The molecule has 9 nitrogen and oxygen atoms in total. The number of aliphatic hydroxyl groups excluding tert-OH is 1. The zero-order valence-corrected chi connectivity index (χ0v) is 20.7. The zero-order chi connectivity index (χ0) is 25.4. The topological polar surface area (TPSA) is 116 Å². The molecule has 2 aromatic heterocycles. The molecular weight excluding hydrogens is 470 g/mol. The van der Waals surface area contributed by atoms with Gasteiger partial charge in [-0.1, -0.05) is 18.2 Å². The number of aromatic nitrogens is 2. The van der Waals surface area contributed by atoms with Crippen LogP contribution in [0.5, 0.6) is 0 Å². The number of nitrogen functional groups attached to an aromatic ring is 1. The number of carbonyl (C=O) groups is 1. The number of benzene rings is 3. The van der Waals surface area contributed by atoms with Crippen molar-refractivity contribution in [2.75, 3.05) is 19.9 Å². The Bertz CT molecular complexity index is 1840. The molecule has 3 aliphatic heterocycles. The quantitative estimate of drug-likeness (QED) is 0.278. The van der Waals surface area contributed by atoms with Crippen LogP contribution in [0.4, 0.5) is 5.69 Å². The highest BCUT2D eigenvalue weighted by atomic mass is 16.6. The average Bonchev–Trinajstić information content (AvgIpc) is 3.48. The average molecular weight is 498 g/mol. The smallest absolute Gasteiger partial charge is 0.254 e. The Morgan fingerprint density at radius 1 is 1.16 bits per heavy atom. The molecule has 9 heteroatoms. The summed E-state index contributed by atoms with van der Waals surface area (Å²) in [5.41, 5.74) is 10.8. The van der Waals surface area contributed by atoms with E-state index in [-0.39, 0.29) is 24.3 Å². The number of hydrogen-bond acceptors (Lipinski definition) is 6. The minimum Gasteiger partial charge on any atom is -0.399 e. The second-order valence-corrected chi connectivity index (χ2v) is 10.5. The Morgan fingerprint density at radius 3 is 2.76 bits per heavy atom. The Kier molecular flexibility index (Phi) is 3.95. The van der Waals surface area contributed by atoms with Crippen LogP contribution in [0.2, 0.25) is 0 Å². The largest absolute Gasteiger partial charge is 0.399 e. The molecule has 1 amide bonds. The van der Waals surface area contributed by atoms with Gasteiger partial charge in [0, 0.05) is 52.4 Å². The molecule has 5 aromatic rings. The van der Waals surface area contributed by atoms with Gasteiger partial charge in [0.15, 0.2) is 12.0 Å². The van der Waals surface area contributed by atoms with Crippen molar-refractivity contribution in [3.63, 3.8) is 0 Å². The number of para-hydroxylation sites is 1. The molecule has 0 saturated carbocycles. The lowest BCUT2D eigenvalue weighted by Crippen LogP contribution is -2.59. The van der Waals surface area contributed by atoms with Gasteiger partial charge in [0.05, 0.1) is 27.6 Å². The van der Waals surface area contributed by atoms with E-state index in [2.05, 4.69) is 32.8 Å². The molecule has 0 radical (unpaired) electrons. The van der Waals surface area contributed by atoms with Crippen LogP contribution in [0, 0.1) is 0 Å². The summed E-state index contributed by atoms with van der Waals surface area (Å²) in [6, 6.07) is 13.9. The van der Waals surface area contributed by atoms with Crippen molar-refractivity contribution in [2.45, 2.75) is 43.7 Å². The lowest BCUT2D eigenvalue weighted by molar-refractivity contribution is -0.256. The van der Waals surface area contributed by atoms with Crippen molar-refractivity contribution in [2.24, 2.45) is 0 Å². The van der Waals surface area contributed by atoms with Crippen LogP contribution in [-0.2, 0) is 15.2 Å². The molecule has 8 rings (SSSR count). The molecule has 5 atom stereocenters. The number of nitrogens with two attached hydrogens (primary N) is 1. The summed E-state index contributed by atoms with van der Waals surface area (Å²) in [5, 5.41) is 20.9. The highest BCUT2D eigenvalue weighted by Gasteiger charge is 2.53. The Labute approximate surface area is 211 Å². The van der Waals surface area contributed by atoms with E-state index in [4.69, 9.17) is 15.2 Å². The summed E-state index contributed by atoms with van der Waals surface area (Å²) in [6.07, 6.45) is -1.08. The fourth-order valence-corrected chi connectivity index (χ4v) is 7.45. The molecule has 5 heterocycles. The van der Waals surface area contributed by atoms with Crippen LogP contribution in [0.1, 0.15) is 41.7 Å². The van der Waals surface area contributed by atoms with Gasteiger partial charge in [-0.25, -0.2) is 0 Å². The number of hydrogen-bond donors (Lipinski definition) is 4. The summed E-state index contributed by atoms with van der Waals surface area (Å²) in [7, 11) is 3.67. The minimum absolute atomic E-state index is 0.00120. The molecule has 1 saturated heterocycles. The Hall–Kier alpha value is -3.63. The summed E-state index contributed by atoms with van der Waals surface area (Å²) in [6.45, 7) is 2.08. The fourth-order valence-electron chi connectivity index (χ4n) is 7.45. The third-order valence-electron chi connectivity index (χ3n) is 8.76. The number of rotatable bonds is 2. The first-order valence-corrected chi connectivity index (χ1v) is 12.6. The summed E-state index contributed by atoms with van der Waals surface area (Å²) < 4.78 is 17.6. The maximum atomic E-state index is 13.4. The van der Waals surface area contributed by atoms with E-state index in [0.717, 1.165) is 43.6 Å². The number of nitrogens with one attached hydrogen (secondary N) is 2. The lowest BCUT2D eigenvalue weighted by atomic mass is 9.93. The fraction of sp³-hybridized carbons (Fsp3) is 0.321. The number of ether oxygens (including phenoxy) is 2. The molecule has 5 N–H and O–H groups in total. The van der Waals surface area contributed by atoms with Gasteiger partial charge in [-0.05, 0) is 38.2 Å². The Morgan fingerprint density at radius 2 is 1.97 bits per heavy atom. The summed E-state index contributed by atoms with van der Waals surface area (Å²) >= 11 is 0. The van der Waals surface area contributed by atoms with E-state index in [1.807, 2.05) is 43.4 Å². The number of aliphatic hydroxyl groups is 1. The number of fused-ring (bicyclic) bond motifs is 13. The van der Waals surface area contributed by atoms with Crippen molar-refractivity contribution < 1.29 is 19.4 Å². The van der Waals surface area contributed by atoms with Gasteiger partial charge in [-0.2, -0.15) is 0 Å². The summed E-state index contributed by atoms with van der Waals surface area (Å²) in [5.74, 6) is -0.287. The minimum atomic E-state index is -1.12. The van der Waals surface area contributed by atoms with E-state index < -0.39 is 12.0 Å². The predicted octanol–water partition coefficient (Wildman–Crippen LogP) is 3.43. The molecule has 1 fully saturated rings. The predicted molar refractivity (Wildman–Crippen MR) is 141 cm³/mol. The molecule has 37 heavy (non-hydrogen) atoms. The number of amides is 1. The van der Waals surface area contributed by atoms with Gasteiger partial charge >= 0.3 is 0 Å². The molecule has 0 spiro atoms. The molecular formula is C28H27N5O4. The van der Waals surface area contributed by atoms with Crippen LogP contribution >= 0.6 is 0 Å². The third kappa shape index (κ3) is 2.32. The van der Waals surface area contributed by atoms with Crippen LogP contribution in [0.15, 0.2) is 42.5 Å². The number of nitrogens with zero attached hydrogens (tertiary/aromatic N) is 2. The number of likely N-dealkylation sites (N-methyl/N-ethyl adjacent to an activating group) is 1. The van der Waals surface area contributed by atoms with Crippen LogP contribution in [0.3, 0.4) is 0 Å². The van der Waals surface area contributed by atoms with Gasteiger partial charge in [0.25, 0.3) is 5.91 Å². The van der Waals surface area contributed by atoms with Gasteiger partial charge in [0.1, 0.15) is 12.3 Å². The van der Waals surface area contributed by atoms with Gasteiger partial charge in [-0.15, -0.1) is 0 Å². The van der Waals surface area contributed by atoms with Crippen LogP contribution in [0.25, 0.3) is 43.6 Å². The molecule has 188 valence electrons. The van der Waals surface area contributed by atoms with Gasteiger partial charge in [0.2, 0.25) is 0 Å². The van der Waals surface area contributed by atoms with Crippen LogP contribution in [-0.4, -0.2) is 46.5 Å². The van der Waals surface area contributed by atoms with E-state index in [0.29, 0.717) is 23.2 Å². The molecule has 3 unspecified atom stereocenters. The van der Waals surface area contributed by atoms with Crippen LogP contribution < -0.4 is 16.4 Å². The van der Waals surface area contributed by atoms with E-state index in [1.54, 1.807) is 7.11 Å². The number of anilines is 1. The number of methoxy groups -OCH3 is 1. The van der Waals surface area contributed by atoms with Crippen molar-refractivity contribution >= 4 is 55.2 Å². The first-order valence-electron chi connectivity index (χ1n) is 12.6. The SMILES string of the molecule is CNC1C[C@H]2O[C@@](C)(C1OC)n1c3ccccc3c3c4c(c5c6cc(N)ccc6n2c5c31)C(=O)NC4O. The van der Waals surface area contributed by atoms with E-state index in [1.165, 1.54) is 0 Å². The molecule has 0 aliphatic carbocycles. The third-order valence-corrected chi connectivity index (χ3v) is 8.76. The lowest BCUT2D eigenvalue weighted by Gasteiger charge is -2.48. The zero-order valence-electron chi connectivity index (χ0n) is 20.7. The van der Waals surface area contributed by atoms with Crippen molar-refractivity contribution in [3.05, 3.63) is 53.6 Å². The molecule has 3 aliphatic rings. The first kappa shape index (κ1) is 21.5. The first-order chi connectivity index (χ1) is 17.9. The van der Waals surface area contributed by atoms with Crippen molar-refractivity contribution in [1.82, 2.24) is 19.8 Å². The maximum absolute atomic E-state index is 13.4. The van der Waals surface area contributed by atoms with Gasteiger partial charge < -0.3 is 40.1 Å². The summed E-state index contributed by atoms with van der Waals surface area (Å²) in [4.78, 5) is 13.4. The standard InChI is InChI=1S/C28H27N5O4/c1-28-25(36-3)15(30-2)11-18(37-28)32-16-9-8-12(29)10-14(16)20-22-21(26(34)31-27(22)35)19-13-6-4-5-7-17(13)33(28)24(19)23(20)32/h4-10,15,18,25-26,30,34H,11,29H2,1-3H3,(H,31,35)/t15?,18-,25?,26?,28+/m1/s1. The maximum Gasteiger partial charge on any atom is 0.254 e.